The Morgan fingerprint density at radius 2 is 2.33 bits per heavy atom. The molecule has 0 aliphatic heterocycles. The highest BCUT2D eigenvalue weighted by atomic mass is 16.3. The van der Waals surface area contributed by atoms with Gasteiger partial charge in [-0.05, 0) is 37.0 Å². The Bertz CT molecular complexity index is 509. The number of nitrogens with zero attached hydrogens (tertiary/aromatic N) is 3. The second-order valence-electron chi connectivity index (χ2n) is 4.61. The lowest BCUT2D eigenvalue weighted by atomic mass is 10.0. The summed E-state index contributed by atoms with van der Waals surface area (Å²) in [6, 6.07) is 4.01. The highest BCUT2D eigenvalue weighted by Gasteiger charge is 2.08. The summed E-state index contributed by atoms with van der Waals surface area (Å²) in [4.78, 5) is 4.42. The summed E-state index contributed by atoms with van der Waals surface area (Å²) < 4.78 is 1.77. The number of aryl methyl sites for hydroxylation is 1. The molecule has 0 saturated carbocycles. The van der Waals surface area contributed by atoms with E-state index in [1.54, 1.807) is 4.52 Å². The zero-order valence-electron chi connectivity index (χ0n) is 10.9. The third-order valence-corrected chi connectivity index (χ3v) is 3.16. The minimum absolute atomic E-state index is 0.234. The maximum atomic E-state index is 8.95. The van der Waals surface area contributed by atoms with Crippen LogP contribution in [0.5, 0.6) is 0 Å². The van der Waals surface area contributed by atoms with Gasteiger partial charge in [0.1, 0.15) is 0 Å². The number of aliphatic hydroxyl groups is 1. The van der Waals surface area contributed by atoms with Crippen LogP contribution in [0.4, 0.5) is 5.95 Å². The van der Waals surface area contributed by atoms with Crippen molar-refractivity contribution in [1.82, 2.24) is 14.6 Å². The number of nitrogens with one attached hydrogen (secondary N) is 1. The van der Waals surface area contributed by atoms with Gasteiger partial charge in [-0.3, -0.25) is 0 Å². The van der Waals surface area contributed by atoms with Crippen molar-refractivity contribution < 1.29 is 5.11 Å². The number of aliphatic hydroxyl groups excluding tert-OH is 1. The van der Waals surface area contributed by atoms with Gasteiger partial charge in [0.2, 0.25) is 5.95 Å². The Kier molecular flexibility index (Phi) is 4.15. The first-order chi connectivity index (χ1) is 8.72. The van der Waals surface area contributed by atoms with Gasteiger partial charge >= 0.3 is 0 Å². The molecule has 0 amide bonds. The maximum absolute atomic E-state index is 8.95. The van der Waals surface area contributed by atoms with Crippen LogP contribution in [-0.2, 0) is 0 Å². The fourth-order valence-electron chi connectivity index (χ4n) is 1.93. The summed E-state index contributed by atoms with van der Waals surface area (Å²) in [6.45, 7) is 5.20. The number of pyridine rings is 1. The van der Waals surface area contributed by atoms with Crippen molar-refractivity contribution in [3.63, 3.8) is 0 Å². The van der Waals surface area contributed by atoms with Gasteiger partial charge in [0.25, 0.3) is 0 Å². The standard InChI is InChI=1S/C13H20N4O/c1-3-11(5-7-18)9-14-13-15-12-8-10(2)4-6-17(12)16-13/h4,6,8,11,18H,3,5,7,9H2,1-2H3,(H,14,16). The van der Waals surface area contributed by atoms with Crippen LogP contribution < -0.4 is 5.32 Å². The van der Waals surface area contributed by atoms with Gasteiger partial charge in [-0.1, -0.05) is 13.3 Å². The molecule has 0 aromatic carbocycles. The topological polar surface area (TPSA) is 62.5 Å². The highest BCUT2D eigenvalue weighted by Crippen LogP contribution is 2.11. The summed E-state index contributed by atoms with van der Waals surface area (Å²) in [5.41, 5.74) is 2.03. The van der Waals surface area contributed by atoms with Crippen molar-refractivity contribution in [2.75, 3.05) is 18.5 Å². The molecule has 5 nitrogen and oxygen atoms in total. The Morgan fingerprint density at radius 1 is 1.50 bits per heavy atom. The highest BCUT2D eigenvalue weighted by molar-refractivity contribution is 5.45. The fraction of sp³-hybridized carbons (Fsp3) is 0.538. The average Bonchev–Trinajstić information content (AvgIpc) is 2.76. The van der Waals surface area contributed by atoms with E-state index in [9.17, 15) is 0 Å². The molecule has 98 valence electrons. The first-order valence-electron chi connectivity index (χ1n) is 6.40. The molecule has 1 atom stereocenters. The number of hydrogen-bond donors (Lipinski definition) is 2. The van der Waals surface area contributed by atoms with Gasteiger partial charge in [-0.25, -0.2) is 4.52 Å². The SMILES string of the molecule is CCC(CCO)CNc1nc2cc(C)ccn2n1. The van der Waals surface area contributed by atoms with Crippen molar-refractivity contribution in [1.29, 1.82) is 0 Å². The predicted octanol–water partition coefficient (Wildman–Crippen LogP) is 1.86. The van der Waals surface area contributed by atoms with Gasteiger partial charge in [-0.15, -0.1) is 5.10 Å². The van der Waals surface area contributed by atoms with E-state index in [0.29, 0.717) is 11.9 Å². The molecule has 0 radical (unpaired) electrons. The Balaban J connectivity index is 2.03. The summed E-state index contributed by atoms with van der Waals surface area (Å²) >= 11 is 0. The lowest BCUT2D eigenvalue weighted by Gasteiger charge is -2.12. The van der Waals surface area contributed by atoms with Gasteiger partial charge in [0.05, 0.1) is 0 Å². The zero-order valence-corrected chi connectivity index (χ0v) is 10.9. The van der Waals surface area contributed by atoms with E-state index in [1.165, 1.54) is 5.56 Å². The van der Waals surface area contributed by atoms with Crippen molar-refractivity contribution in [3.8, 4) is 0 Å². The number of fused-ring (bicyclic) bond motifs is 1. The van der Waals surface area contributed by atoms with Crippen molar-refractivity contribution in [2.45, 2.75) is 26.7 Å². The zero-order chi connectivity index (χ0) is 13.0. The van der Waals surface area contributed by atoms with Gasteiger partial charge in [0, 0.05) is 19.3 Å². The molecule has 2 heterocycles. The minimum atomic E-state index is 0.234. The second-order valence-corrected chi connectivity index (χ2v) is 4.61. The molecule has 18 heavy (non-hydrogen) atoms. The van der Waals surface area contributed by atoms with E-state index >= 15 is 0 Å². The average molecular weight is 248 g/mol. The van der Waals surface area contributed by atoms with Crippen LogP contribution in [0.1, 0.15) is 25.3 Å². The molecule has 2 aromatic heterocycles. The molecule has 0 fully saturated rings. The Labute approximate surface area is 107 Å². The molecular formula is C13H20N4O. The number of anilines is 1. The van der Waals surface area contributed by atoms with Crippen LogP contribution in [-0.4, -0.2) is 32.9 Å². The molecule has 2 aromatic rings. The van der Waals surface area contributed by atoms with Gasteiger partial charge in [0.15, 0.2) is 5.65 Å². The third kappa shape index (κ3) is 2.98. The quantitative estimate of drug-likeness (QED) is 0.819. The third-order valence-electron chi connectivity index (χ3n) is 3.16. The van der Waals surface area contributed by atoms with E-state index in [4.69, 9.17) is 5.11 Å². The van der Waals surface area contributed by atoms with Crippen molar-refractivity contribution in [3.05, 3.63) is 23.9 Å². The molecule has 0 aliphatic carbocycles. The van der Waals surface area contributed by atoms with Gasteiger partial charge < -0.3 is 10.4 Å². The predicted molar refractivity (Wildman–Crippen MR) is 71.7 cm³/mol. The lowest BCUT2D eigenvalue weighted by Crippen LogP contribution is -2.15. The van der Waals surface area contributed by atoms with E-state index in [0.717, 1.165) is 25.0 Å². The summed E-state index contributed by atoms with van der Waals surface area (Å²) in [7, 11) is 0. The molecule has 2 N–H and O–H groups in total. The lowest BCUT2D eigenvalue weighted by molar-refractivity contribution is 0.258. The Hall–Kier alpha value is -1.62. The molecule has 0 saturated heterocycles. The summed E-state index contributed by atoms with van der Waals surface area (Å²) in [5, 5.41) is 16.5. The molecule has 0 spiro atoms. The molecule has 0 bridgehead atoms. The largest absolute Gasteiger partial charge is 0.396 e. The number of rotatable bonds is 6. The normalized spacial score (nSPS) is 12.8. The molecule has 2 rings (SSSR count). The monoisotopic (exact) mass is 248 g/mol. The van der Waals surface area contributed by atoms with Crippen molar-refractivity contribution >= 4 is 11.6 Å². The van der Waals surface area contributed by atoms with Crippen molar-refractivity contribution in [2.24, 2.45) is 5.92 Å². The maximum Gasteiger partial charge on any atom is 0.243 e. The summed E-state index contributed by atoms with van der Waals surface area (Å²) in [6.07, 6.45) is 3.77. The van der Waals surface area contributed by atoms with Crippen LogP contribution in [0.2, 0.25) is 0 Å². The second kappa shape index (κ2) is 5.82. The first kappa shape index (κ1) is 12.8. The van der Waals surface area contributed by atoms with E-state index in [2.05, 4.69) is 22.3 Å². The summed E-state index contributed by atoms with van der Waals surface area (Å²) in [5.74, 6) is 1.11. The van der Waals surface area contributed by atoms with Crippen LogP contribution in [0, 0.1) is 12.8 Å². The van der Waals surface area contributed by atoms with Gasteiger partial charge in [-0.2, -0.15) is 4.98 Å². The van der Waals surface area contributed by atoms with E-state index in [-0.39, 0.29) is 6.61 Å². The molecule has 0 aliphatic rings. The van der Waals surface area contributed by atoms with Crippen LogP contribution in [0.15, 0.2) is 18.3 Å². The smallest absolute Gasteiger partial charge is 0.243 e. The number of hydrogen-bond acceptors (Lipinski definition) is 4. The van der Waals surface area contributed by atoms with E-state index in [1.807, 2.05) is 25.3 Å². The van der Waals surface area contributed by atoms with E-state index < -0.39 is 0 Å². The van der Waals surface area contributed by atoms with Crippen LogP contribution >= 0.6 is 0 Å². The molecule has 1 unspecified atom stereocenters. The van der Waals surface area contributed by atoms with Crippen LogP contribution in [0.3, 0.4) is 0 Å². The fourth-order valence-corrected chi connectivity index (χ4v) is 1.93. The Morgan fingerprint density at radius 3 is 3.06 bits per heavy atom. The molecule has 5 heteroatoms. The first-order valence-corrected chi connectivity index (χ1v) is 6.40. The van der Waals surface area contributed by atoms with Crippen LogP contribution in [0.25, 0.3) is 5.65 Å². The number of aromatic nitrogens is 3. The molecular weight excluding hydrogens is 228 g/mol. The minimum Gasteiger partial charge on any atom is -0.396 e.